The summed E-state index contributed by atoms with van der Waals surface area (Å²) in [5, 5.41) is 1.14. The summed E-state index contributed by atoms with van der Waals surface area (Å²) in [5.74, 6) is 2.13. The molecule has 1 amide bonds. The van der Waals surface area contributed by atoms with Gasteiger partial charge in [-0.1, -0.05) is 42.1 Å². The zero-order chi connectivity index (χ0) is 16.1. The van der Waals surface area contributed by atoms with E-state index in [0.29, 0.717) is 5.75 Å². The van der Waals surface area contributed by atoms with E-state index < -0.39 is 0 Å². The quantitative estimate of drug-likeness (QED) is 0.794. The number of thioether (sulfide) groups is 1. The van der Waals surface area contributed by atoms with Gasteiger partial charge in [0, 0.05) is 12.2 Å². The van der Waals surface area contributed by atoms with Crippen molar-refractivity contribution < 1.29 is 4.79 Å². The van der Waals surface area contributed by atoms with E-state index in [4.69, 9.17) is 4.98 Å². The zero-order valence-corrected chi connectivity index (χ0v) is 14.9. The van der Waals surface area contributed by atoms with Crippen LogP contribution in [-0.2, 0) is 11.2 Å². The molecule has 1 aromatic heterocycles. The highest BCUT2D eigenvalue weighted by molar-refractivity contribution is 8.01. The Hall–Kier alpha value is -1.59. The molecular formula is C19H18N2OS2. The lowest BCUT2D eigenvalue weighted by Gasteiger charge is -2.29. The third-order valence-corrected chi connectivity index (χ3v) is 7.18. The molecule has 0 N–H and O–H groups in total. The zero-order valence-electron chi connectivity index (χ0n) is 13.3. The van der Waals surface area contributed by atoms with Crippen LogP contribution in [0.4, 0.5) is 5.69 Å². The lowest BCUT2D eigenvalue weighted by atomic mass is 10.0. The van der Waals surface area contributed by atoms with Crippen LogP contribution < -0.4 is 14.8 Å². The molecule has 3 nitrogen and oxygen atoms in total. The van der Waals surface area contributed by atoms with Crippen molar-refractivity contribution in [3.63, 3.8) is 0 Å². The van der Waals surface area contributed by atoms with Crippen molar-refractivity contribution in [3.05, 3.63) is 39.7 Å². The van der Waals surface area contributed by atoms with E-state index in [1.807, 2.05) is 11.0 Å². The van der Waals surface area contributed by atoms with Crippen molar-refractivity contribution in [3.8, 4) is 0 Å². The largest absolute Gasteiger partial charge is 0.311 e. The molecular weight excluding hydrogens is 336 g/mol. The number of thiazole rings is 1. The van der Waals surface area contributed by atoms with E-state index in [2.05, 4.69) is 30.4 Å². The van der Waals surface area contributed by atoms with Crippen molar-refractivity contribution in [1.82, 2.24) is 4.98 Å². The van der Waals surface area contributed by atoms with Gasteiger partial charge in [-0.25, -0.2) is 4.98 Å². The molecule has 5 heteroatoms. The minimum Gasteiger partial charge on any atom is -0.311 e. The minimum absolute atomic E-state index is 0.191. The van der Waals surface area contributed by atoms with Crippen LogP contribution in [-0.4, -0.2) is 23.2 Å². The number of aryl methyl sites for hydroxylation is 1. The average molecular weight is 355 g/mol. The van der Waals surface area contributed by atoms with Gasteiger partial charge >= 0.3 is 0 Å². The van der Waals surface area contributed by atoms with E-state index in [0.717, 1.165) is 46.6 Å². The lowest BCUT2D eigenvalue weighted by molar-refractivity contribution is -0.116. The number of fused-ring (bicyclic) bond motifs is 3. The van der Waals surface area contributed by atoms with Crippen LogP contribution in [0.15, 0.2) is 28.6 Å². The van der Waals surface area contributed by atoms with Crippen molar-refractivity contribution in [2.24, 2.45) is 11.8 Å². The Morgan fingerprint density at radius 1 is 1.29 bits per heavy atom. The number of hydrogen-bond donors (Lipinski definition) is 0. The summed E-state index contributed by atoms with van der Waals surface area (Å²) in [6.45, 7) is 0.829. The standard InChI is InChI=1S/C19H18N2OS2/c22-18(21-7-3-5-12-4-1-2-6-16(12)21)11-23-19-20-15-9-13-8-14(13)10-17(15)24-19/h1-2,4,6,9-10,13-14H,3,5,7-8,11H2. The monoisotopic (exact) mass is 354 g/mol. The molecule has 2 aromatic rings. The second-order valence-electron chi connectivity index (χ2n) is 6.69. The molecule has 3 aliphatic rings. The topological polar surface area (TPSA) is 33.2 Å². The fourth-order valence-corrected chi connectivity index (χ4v) is 5.67. The molecule has 2 unspecified atom stereocenters. The van der Waals surface area contributed by atoms with Crippen molar-refractivity contribution >= 4 is 46.8 Å². The highest BCUT2D eigenvalue weighted by Crippen LogP contribution is 2.42. The molecule has 0 spiro atoms. The first-order chi connectivity index (χ1) is 11.8. The van der Waals surface area contributed by atoms with E-state index in [1.54, 1.807) is 23.1 Å². The third kappa shape index (κ3) is 2.60. The second kappa shape index (κ2) is 5.74. The minimum atomic E-state index is 0.191. The molecule has 0 radical (unpaired) electrons. The van der Waals surface area contributed by atoms with Gasteiger partial charge in [0.25, 0.3) is 0 Å². The molecule has 1 aliphatic heterocycles. The summed E-state index contributed by atoms with van der Waals surface area (Å²) in [6.07, 6.45) is 8.08. The number of carbonyl (C=O) groups is 1. The number of hydrogen-bond acceptors (Lipinski definition) is 4. The van der Waals surface area contributed by atoms with Crippen molar-refractivity contribution in [2.75, 3.05) is 17.2 Å². The first kappa shape index (κ1) is 14.7. The number of amides is 1. The maximum Gasteiger partial charge on any atom is 0.237 e. The van der Waals surface area contributed by atoms with Crippen LogP contribution in [0.3, 0.4) is 0 Å². The maximum absolute atomic E-state index is 12.7. The number of benzene rings is 1. The predicted octanol–water partition coefficient (Wildman–Crippen LogP) is 2.43. The van der Waals surface area contributed by atoms with Crippen LogP contribution in [0.1, 0.15) is 18.4 Å². The van der Waals surface area contributed by atoms with E-state index in [9.17, 15) is 4.79 Å². The molecule has 1 saturated carbocycles. The van der Waals surface area contributed by atoms with Gasteiger partial charge in [-0.15, -0.1) is 11.3 Å². The second-order valence-corrected chi connectivity index (χ2v) is 8.95. The Balaban J connectivity index is 1.31. The molecule has 1 aromatic carbocycles. The molecule has 0 bridgehead atoms. The van der Waals surface area contributed by atoms with Gasteiger partial charge in [-0.3, -0.25) is 4.79 Å². The molecule has 2 heterocycles. The van der Waals surface area contributed by atoms with Crippen molar-refractivity contribution in [1.29, 1.82) is 0 Å². The number of aromatic nitrogens is 1. The van der Waals surface area contributed by atoms with Gasteiger partial charge in [0.15, 0.2) is 4.34 Å². The molecule has 24 heavy (non-hydrogen) atoms. The van der Waals surface area contributed by atoms with Crippen LogP contribution in [0.5, 0.6) is 0 Å². The first-order valence-corrected chi connectivity index (χ1v) is 10.3. The Bertz CT molecular complexity index is 896. The molecule has 2 atom stereocenters. The summed E-state index contributed by atoms with van der Waals surface area (Å²) in [5.41, 5.74) is 2.38. The van der Waals surface area contributed by atoms with Gasteiger partial charge in [-0.05, 0) is 42.7 Å². The molecule has 122 valence electrons. The van der Waals surface area contributed by atoms with Crippen LogP contribution in [0, 0.1) is 11.8 Å². The number of carbonyl (C=O) groups excluding carboxylic acids is 1. The number of rotatable bonds is 3. The van der Waals surface area contributed by atoms with Gasteiger partial charge in [0.1, 0.15) is 0 Å². The summed E-state index contributed by atoms with van der Waals surface area (Å²) >= 11 is 3.32. The van der Waals surface area contributed by atoms with E-state index in [1.165, 1.54) is 16.5 Å². The highest BCUT2D eigenvalue weighted by Gasteiger charge is 2.35. The van der Waals surface area contributed by atoms with Crippen LogP contribution in [0.2, 0.25) is 0 Å². The Kier molecular flexibility index (Phi) is 3.52. The average Bonchev–Trinajstić information content (AvgIpc) is 3.25. The van der Waals surface area contributed by atoms with Gasteiger partial charge in [0.05, 0.1) is 15.6 Å². The Labute approximate surface area is 149 Å². The van der Waals surface area contributed by atoms with Crippen LogP contribution >= 0.6 is 23.1 Å². The first-order valence-electron chi connectivity index (χ1n) is 8.49. The fraction of sp³-hybridized carbons (Fsp3) is 0.368. The van der Waals surface area contributed by atoms with Gasteiger partial charge < -0.3 is 4.90 Å². The summed E-state index contributed by atoms with van der Waals surface area (Å²) in [4.78, 5) is 19.4. The molecule has 2 aliphatic carbocycles. The van der Waals surface area contributed by atoms with Gasteiger partial charge in [-0.2, -0.15) is 0 Å². The number of para-hydroxylation sites is 1. The Morgan fingerprint density at radius 2 is 2.17 bits per heavy atom. The molecule has 1 fully saturated rings. The van der Waals surface area contributed by atoms with Crippen molar-refractivity contribution in [2.45, 2.75) is 23.6 Å². The summed E-state index contributed by atoms with van der Waals surface area (Å²) in [7, 11) is 0. The summed E-state index contributed by atoms with van der Waals surface area (Å²) in [6, 6.07) is 8.27. The Morgan fingerprint density at radius 3 is 3.12 bits per heavy atom. The fourth-order valence-electron chi connectivity index (χ4n) is 3.63. The lowest BCUT2D eigenvalue weighted by Crippen LogP contribution is -2.36. The maximum atomic E-state index is 12.7. The number of nitrogens with zero attached hydrogens (tertiary/aromatic N) is 2. The van der Waals surface area contributed by atoms with E-state index >= 15 is 0 Å². The van der Waals surface area contributed by atoms with Crippen LogP contribution in [0.25, 0.3) is 12.2 Å². The summed E-state index contributed by atoms with van der Waals surface area (Å²) < 4.78 is 2.32. The molecule has 5 rings (SSSR count). The smallest absolute Gasteiger partial charge is 0.237 e. The van der Waals surface area contributed by atoms with E-state index in [-0.39, 0.29) is 5.91 Å². The SMILES string of the molecule is O=C(CSc1nc2c(s1)=CC1CC1C=2)N1CCCc2ccccc21. The van der Waals surface area contributed by atoms with Gasteiger partial charge in [0.2, 0.25) is 5.91 Å². The number of anilines is 1. The predicted molar refractivity (Wildman–Crippen MR) is 99.7 cm³/mol. The molecule has 0 saturated heterocycles. The normalized spacial score (nSPS) is 23.4. The highest BCUT2D eigenvalue weighted by atomic mass is 32.2. The third-order valence-electron chi connectivity index (χ3n) is 5.02.